The summed E-state index contributed by atoms with van der Waals surface area (Å²) in [5, 5.41) is 3.43. The van der Waals surface area contributed by atoms with Gasteiger partial charge in [0.25, 0.3) is 0 Å². The fraction of sp³-hybridized carbons (Fsp3) is 0.348. The molecule has 150 valence electrons. The van der Waals surface area contributed by atoms with Crippen molar-refractivity contribution in [3.05, 3.63) is 59.7 Å². The lowest BCUT2D eigenvalue weighted by Gasteiger charge is -2.19. The molecule has 2 aromatic rings. The topological polar surface area (TPSA) is 36.9 Å². The van der Waals surface area contributed by atoms with Gasteiger partial charge in [0.2, 0.25) is 0 Å². The molecule has 0 aromatic heterocycles. The van der Waals surface area contributed by atoms with Gasteiger partial charge in [-0.3, -0.25) is 4.99 Å². The summed E-state index contributed by atoms with van der Waals surface area (Å²) in [6.45, 7) is 9.10. The second-order valence-corrected chi connectivity index (χ2v) is 7.74. The Balaban J connectivity index is 2.58. The van der Waals surface area contributed by atoms with Crippen molar-refractivity contribution in [2.24, 2.45) is 4.99 Å². The van der Waals surface area contributed by atoms with Crippen molar-refractivity contribution < 1.29 is 4.18 Å². The van der Waals surface area contributed by atoms with Crippen molar-refractivity contribution in [2.75, 3.05) is 31.8 Å². The molecule has 0 aliphatic heterocycles. The Bertz CT molecular complexity index is 802. The highest BCUT2D eigenvalue weighted by Gasteiger charge is 2.13. The summed E-state index contributed by atoms with van der Waals surface area (Å²) in [7, 11) is 4.17. The van der Waals surface area contributed by atoms with Crippen LogP contribution in [0, 0.1) is 0 Å². The van der Waals surface area contributed by atoms with Crippen LogP contribution in [0.25, 0.3) is 11.1 Å². The molecule has 0 atom stereocenters. The molecule has 0 unspecified atom stereocenters. The van der Waals surface area contributed by atoms with Gasteiger partial charge in [0, 0.05) is 18.0 Å². The predicted octanol–water partition coefficient (Wildman–Crippen LogP) is 5.65. The van der Waals surface area contributed by atoms with Crippen LogP contribution in [0.3, 0.4) is 0 Å². The number of nitrogens with one attached hydrogen (secondary N) is 1. The molecule has 4 nitrogen and oxygen atoms in total. The van der Waals surface area contributed by atoms with Crippen LogP contribution in [0.1, 0.15) is 25.0 Å². The lowest BCUT2D eigenvalue weighted by atomic mass is 9.93. The fourth-order valence-electron chi connectivity index (χ4n) is 3.04. The molecule has 0 bridgehead atoms. The molecule has 1 N–H and O–H groups in total. The quantitative estimate of drug-likeness (QED) is 0.302. The molecule has 0 aliphatic carbocycles. The number of hydrogen-bond acceptors (Lipinski definition) is 5. The Kier molecular flexibility index (Phi) is 9.11. The van der Waals surface area contributed by atoms with Crippen LogP contribution < -0.4 is 9.50 Å². The summed E-state index contributed by atoms with van der Waals surface area (Å²) in [6.07, 6.45) is 5.12. The summed E-state index contributed by atoms with van der Waals surface area (Å²) >= 11 is 1.46. The molecule has 2 aromatic carbocycles. The first-order chi connectivity index (χ1) is 13.6. The number of aliphatic imine (C=N–C) groups is 1. The standard InChI is InChI=1S/C23H31N3OS/c1-6-8-12-21-22(19-10-9-11-20(15-19)27-28-7-2)13-18(16-26(4)5)14-23(21)25-17-24-3/h6,8-11,13-15,25H,3,7,12,16-17H2,1-2,4-5H3/b8-6+. The van der Waals surface area contributed by atoms with Crippen molar-refractivity contribution in [1.29, 1.82) is 0 Å². The SMILES string of the molecule is C=NCNc1cc(CN(C)C)cc(-c2cccc(OSCC)c2)c1C/C=C/C. The number of benzene rings is 2. The third kappa shape index (κ3) is 6.43. The van der Waals surface area contributed by atoms with E-state index in [1.807, 2.05) is 6.07 Å². The van der Waals surface area contributed by atoms with Crippen molar-refractivity contribution in [3.8, 4) is 16.9 Å². The fourth-order valence-corrected chi connectivity index (χ4v) is 3.40. The molecule has 0 spiro atoms. The van der Waals surface area contributed by atoms with E-state index in [4.69, 9.17) is 4.18 Å². The number of anilines is 1. The zero-order valence-electron chi connectivity index (χ0n) is 17.4. The van der Waals surface area contributed by atoms with Gasteiger partial charge < -0.3 is 14.4 Å². The normalized spacial score (nSPS) is 11.2. The Morgan fingerprint density at radius 3 is 2.75 bits per heavy atom. The first-order valence-corrected chi connectivity index (χ1v) is 10.5. The van der Waals surface area contributed by atoms with Crippen molar-refractivity contribution in [1.82, 2.24) is 4.90 Å². The number of allylic oxidation sites excluding steroid dienone is 2. The lowest BCUT2D eigenvalue weighted by Crippen LogP contribution is -2.12. The van der Waals surface area contributed by atoms with E-state index in [9.17, 15) is 0 Å². The van der Waals surface area contributed by atoms with Gasteiger partial charge >= 0.3 is 0 Å². The van der Waals surface area contributed by atoms with Gasteiger partial charge in [-0.15, -0.1) is 0 Å². The van der Waals surface area contributed by atoms with E-state index >= 15 is 0 Å². The Hall–Kier alpha value is -2.24. The molecule has 0 amide bonds. The molecule has 0 saturated heterocycles. The molecular weight excluding hydrogens is 366 g/mol. The smallest absolute Gasteiger partial charge is 0.137 e. The van der Waals surface area contributed by atoms with Crippen LogP contribution in [0.15, 0.2) is 53.5 Å². The van der Waals surface area contributed by atoms with Gasteiger partial charge in [0.15, 0.2) is 0 Å². The first kappa shape index (κ1) is 22.1. The molecule has 0 aliphatic rings. The average molecular weight is 398 g/mol. The lowest BCUT2D eigenvalue weighted by molar-refractivity contribution is 0.402. The molecule has 0 heterocycles. The van der Waals surface area contributed by atoms with Gasteiger partial charge in [0.1, 0.15) is 12.4 Å². The minimum atomic E-state index is 0.490. The summed E-state index contributed by atoms with van der Waals surface area (Å²) < 4.78 is 5.78. The Labute approximate surface area is 173 Å². The van der Waals surface area contributed by atoms with Crippen LogP contribution in [0.4, 0.5) is 5.69 Å². The highest BCUT2D eigenvalue weighted by Crippen LogP contribution is 2.34. The van der Waals surface area contributed by atoms with E-state index in [1.165, 1.54) is 28.7 Å². The third-order valence-corrected chi connectivity index (χ3v) is 4.71. The molecule has 0 saturated carbocycles. The molecule has 2 rings (SSSR count). The minimum Gasteiger partial charge on any atom is -0.426 e. The number of nitrogens with zero attached hydrogens (tertiary/aromatic N) is 2. The monoisotopic (exact) mass is 397 g/mol. The van der Waals surface area contributed by atoms with E-state index in [0.717, 1.165) is 35.7 Å². The number of hydrogen-bond donors (Lipinski definition) is 1. The van der Waals surface area contributed by atoms with Crippen molar-refractivity contribution in [2.45, 2.75) is 26.8 Å². The molecule has 0 radical (unpaired) electrons. The average Bonchev–Trinajstić information content (AvgIpc) is 2.69. The van der Waals surface area contributed by atoms with Crippen LogP contribution in [0.2, 0.25) is 0 Å². The first-order valence-electron chi connectivity index (χ1n) is 9.57. The summed E-state index contributed by atoms with van der Waals surface area (Å²) in [5.74, 6) is 1.79. The Morgan fingerprint density at radius 1 is 1.25 bits per heavy atom. The maximum absolute atomic E-state index is 5.78. The molecule has 28 heavy (non-hydrogen) atoms. The van der Waals surface area contributed by atoms with E-state index in [1.54, 1.807) is 0 Å². The van der Waals surface area contributed by atoms with Gasteiger partial charge in [-0.25, -0.2) is 0 Å². The number of rotatable bonds is 11. The van der Waals surface area contributed by atoms with Crippen molar-refractivity contribution >= 4 is 24.4 Å². The highest BCUT2D eigenvalue weighted by molar-refractivity contribution is 7.94. The molecule has 5 heteroatoms. The zero-order chi connectivity index (χ0) is 20.4. The van der Waals surface area contributed by atoms with Gasteiger partial charge in [0.05, 0.1) is 12.0 Å². The highest BCUT2D eigenvalue weighted by atomic mass is 32.2. The predicted molar refractivity (Wildman–Crippen MR) is 125 cm³/mol. The largest absolute Gasteiger partial charge is 0.426 e. The zero-order valence-corrected chi connectivity index (χ0v) is 18.2. The third-order valence-electron chi connectivity index (χ3n) is 4.17. The minimum absolute atomic E-state index is 0.490. The molecule has 0 fully saturated rings. The van der Waals surface area contributed by atoms with E-state index in [0.29, 0.717) is 6.67 Å². The van der Waals surface area contributed by atoms with Gasteiger partial charge in [-0.1, -0.05) is 31.2 Å². The summed E-state index contributed by atoms with van der Waals surface area (Å²) in [5.41, 5.74) is 5.99. The van der Waals surface area contributed by atoms with Crippen LogP contribution >= 0.6 is 12.0 Å². The van der Waals surface area contributed by atoms with E-state index in [-0.39, 0.29) is 0 Å². The van der Waals surface area contributed by atoms with Gasteiger partial charge in [-0.2, -0.15) is 0 Å². The second-order valence-electron chi connectivity index (χ2n) is 6.76. The molecular formula is C23H31N3OS. The van der Waals surface area contributed by atoms with Crippen LogP contribution in [0.5, 0.6) is 5.75 Å². The van der Waals surface area contributed by atoms with E-state index in [2.05, 4.69) is 92.4 Å². The Morgan fingerprint density at radius 2 is 2.07 bits per heavy atom. The maximum Gasteiger partial charge on any atom is 0.137 e. The van der Waals surface area contributed by atoms with Crippen molar-refractivity contribution in [3.63, 3.8) is 0 Å². The van der Waals surface area contributed by atoms with Crippen LogP contribution in [-0.2, 0) is 13.0 Å². The summed E-state index contributed by atoms with van der Waals surface area (Å²) in [6, 6.07) is 12.8. The maximum atomic E-state index is 5.78. The van der Waals surface area contributed by atoms with Crippen LogP contribution in [-0.4, -0.2) is 38.1 Å². The van der Waals surface area contributed by atoms with Gasteiger partial charge in [-0.05, 0) is 80.7 Å². The second kappa shape index (κ2) is 11.6. The van der Waals surface area contributed by atoms with E-state index < -0.39 is 0 Å². The summed E-state index contributed by atoms with van der Waals surface area (Å²) in [4.78, 5) is 6.16.